The number of aryl methyl sites for hydroxylation is 1. The zero-order chi connectivity index (χ0) is 24.8. The Bertz CT molecular complexity index is 1210. The van der Waals surface area contributed by atoms with Crippen molar-refractivity contribution in [1.82, 2.24) is 14.5 Å². The molecule has 2 heterocycles. The summed E-state index contributed by atoms with van der Waals surface area (Å²) >= 11 is 0. The Morgan fingerprint density at radius 2 is 1.85 bits per heavy atom. The van der Waals surface area contributed by atoms with E-state index < -0.39 is 0 Å². The maximum Gasteiger partial charge on any atom is 0.254 e. The summed E-state index contributed by atoms with van der Waals surface area (Å²) in [5, 5.41) is 1.06. The van der Waals surface area contributed by atoms with Gasteiger partial charge in [-0.2, -0.15) is 0 Å². The predicted molar refractivity (Wildman–Crippen MR) is 143 cm³/mol. The standard InChI is InChI=1S/C25H29N3O.C4H10/c1-7-8-9-10-17(2)19-11-12-22-20(13-19)21(15-26-22)23-14-24(29)28(18(3)27-23)16-25(4,5)6;1-4(2)3/h7-15,26H,1,16H2,2-6H3;4H,1-3H3/b9-8-,17-10+;. The summed E-state index contributed by atoms with van der Waals surface area (Å²) in [5.74, 6) is 1.57. The minimum Gasteiger partial charge on any atom is -0.360 e. The Morgan fingerprint density at radius 3 is 2.42 bits per heavy atom. The molecule has 1 aromatic carbocycles. The monoisotopic (exact) mass is 445 g/mol. The first kappa shape index (κ1) is 26.1. The molecule has 0 fully saturated rings. The molecule has 0 spiro atoms. The summed E-state index contributed by atoms with van der Waals surface area (Å²) in [5.41, 5.74) is 4.95. The van der Waals surface area contributed by atoms with Crippen molar-refractivity contribution in [3.8, 4) is 11.3 Å². The highest BCUT2D eigenvalue weighted by Gasteiger charge is 2.16. The van der Waals surface area contributed by atoms with Crippen molar-refractivity contribution in [2.45, 2.75) is 61.9 Å². The van der Waals surface area contributed by atoms with Gasteiger partial charge in [-0.05, 0) is 48.4 Å². The third kappa shape index (κ3) is 7.45. The first-order chi connectivity index (χ1) is 15.4. The third-order valence-corrected chi connectivity index (χ3v) is 4.84. The molecule has 0 saturated heterocycles. The lowest BCUT2D eigenvalue weighted by molar-refractivity contribution is 0.332. The molecule has 3 aromatic rings. The van der Waals surface area contributed by atoms with Crippen LogP contribution in [0.1, 0.15) is 59.9 Å². The van der Waals surface area contributed by atoms with Crippen molar-refractivity contribution in [1.29, 1.82) is 0 Å². The molecule has 0 amide bonds. The smallest absolute Gasteiger partial charge is 0.254 e. The van der Waals surface area contributed by atoms with Crippen molar-refractivity contribution in [2.24, 2.45) is 11.3 Å². The van der Waals surface area contributed by atoms with E-state index in [1.165, 1.54) is 0 Å². The molecule has 33 heavy (non-hydrogen) atoms. The van der Waals surface area contributed by atoms with Gasteiger partial charge in [0, 0.05) is 35.3 Å². The number of hydrogen-bond donors (Lipinski definition) is 1. The van der Waals surface area contributed by atoms with Crippen molar-refractivity contribution in [2.75, 3.05) is 0 Å². The Morgan fingerprint density at radius 1 is 1.18 bits per heavy atom. The SMILES string of the molecule is C=C/C=C\C=C(/C)c1ccc2[nH]cc(-c3cc(=O)n(CC(C)(C)C)c(C)n3)c2c1.CC(C)C. The van der Waals surface area contributed by atoms with Gasteiger partial charge in [-0.25, -0.2) is 4.98 Å². The molecule has 176 valence electrons. The zero-order valence-electron chi connectivity index (χ0n) is 21.5. The number of nitrogens with zero attached hydrogens (tertiary/aromatic N) is 2. The van der Waals surface area contributed by atoms with Crippen molar-refractivity contribution in [3.05, 3.63) is 83.1 Å². The molecule has 0 aliphatic heterocycles. The van der Waals surface area contributed by atoms with Crippen LogP contribution < -0.4 is 5.56 Å². The second-order valence-electron chi connectivity index (χ2n) is 10.3. The fraction of sp³-hybridized carbons (Fsp3) is 0.379. The number of aromatic amines is 1. The number of allylic oxidation sites excluding steroid dienone is 5. The molecule has 0 saturated carbocycles. The van der Waals surface area contributed by atoms with E-state index in [2.05, 4.69) is 84.3 Å². The largest absolute Gasteiger partial charge is 0.360 e. The Hall–Kier alpha value is -3.14. The topological polar surface area (TPSA) is 50.7 Å². The Balaban J connectivity index is 0.000000890. The zero-order valence-corrected chi connectivity index (χ0v) is 21.5. The predicted octanol–water partition coefficient (Wildman–Crippen LogP) is 7.55. The molecular formula is C29H39N3O. The average molecular weight is 446 g/mol. The summed E-state index contributed by atoms with van der Waals surface area (Å²) < 4.78 is 1.75. The van der Waals surface area contributed by atoms with E-state index in [4.69, 9.17) is 4.98 Å². The highest BCUT2D eigenvalue weighted by atomic mass is 16.1. The quantitative estimate of drug-likeness (QED) is 0.412. The number of hydrogen-bond acceptors (Lipinski definition) is 2. The van der Waals surface area contributed by atoms with Crippen LogP contribution in [0.5, 0.6) is 0 Å². The summed E-state index contributed by atoms with van der Waals surface area (Å²) in [6, 6.07) is 7.95. The van der Waals surface area contributed by atoms with Gasteiger partial charge in [0.05, 0.1) is 5.69 Å². The molecule has 0 radical (unpaired) electrons. The molecule has 0 aliphatic rings. The van der Waals surface area contributed by atoms with Gasteiger partial charge >= 0.3 is 0 Å². The van der Waals surface area contributed by atoms with E-state index in [1.54, 1.807) is 16.7 Å². The first-order valence-corrected chi connectivity index (χ1v) is 11.6. The van der Waals surface area contributed by atoms with Crippen LogP contribution in [-0.4, -0.2) is 14.5 Å². The Labute approximate surface area is 198 Å². The van der Waals surface area contributed by atoms with Crippen LogP contribution in [0.2, 0.25) is 0 Å². The second-order valence-corrected chi connectivity index (χ2v) is 10.3. The normalized spacial score (nSPS) is 12.3. The minimum atomic E-state index is -0.0152. The van der Waals surface area contributed by atoms with E-state index in [0.29, 0.717) is 12.2 Å². The molecular weight excluding hydrogens is 406 g/mol. The maximum atomic E-state index is 12.8. The molecule has 4 nitrogen and oxygen atoms in total. The molecule has 0 bridgehead atoms. The number of aromatic nitrogens is 3. The molecule has 0 unspecified atom stereocenters. The van der Waals surface area contributed by atoms with Gasteiger partial charge in [0.15, 0.2) is 0 Å². The summed E-state index contributed by atoms with van der Waals surface area (Å²) in [4.78, 5) is 20.8. The Kier molecular flexibility index (Phi) is 8.81. The molecule has 2 aromatic heterocycles. The maximum absolute atomic E-state index is 12.8. The van der Waals surface area contributed by atoms with Crippen LogP contribution in [0.25, 0.3) is 27.7 Å². The summed E-state index contributed by atoms with van der Waals surface area (Å²) in [6.07, 6.45) is 9.63. The van der Waals surface area contributed by atoms with Crippen molar-refractivity contribution >= 4 is 16.5 Å². The molecule has 0 aliphatic carbocycles. The lowest BCUT2D eigenvalue weighted by atomic mass is 9.97. The fourth-order valence-corrected chi connectivity index (χ4v) is 3.38. The number of benzene rings is 1. The van der Waals surface area contributed by atoms with E-state index >= 15 is 0 Å². The molecule has 1 N–H and O–H groups in total. The highest BCUT2D eigenvalue weighted by molar-refractivity contribution is 5.96. The number of rotatable bonds is 5. The molecule has 0 atom stereocenters. The van der Waals surface area contributed by atoms with Crippen LogP contribution in [-0.2, 0) is 6.54 Å². The fourth-order valence-electron chi connectivity index (χ4n) is 3.38. The van der Waals surface area contributed by atoms with Crippen LogP contribution in [0.15, 0.2) is 66.1 Å². The molecule has 4 heteroatoms. The van der Waals surface area contributed by atoms with Crippen LogP contribution >= 0.6 is 0 Å². The van der Waals surface area contributed by atoms with E-state index in [0.717, 1.165) is 39.3 Å². The van der Waals surface area contributed by atoms with Crippen molar-refractivity contribution < 1.29 is 0 Å². The first-order valence-electron chi connectivity index (χ1n) is 11.6. The van der Waals surface area contributed by atoms with Gasteiger partial charge in [0.1, 0.15) is 5.82 Å². The van der Waals surface area contributed by atoms with Gasteiger partial charge in [0.2, 0.25) is 0 Å². The number of H-pyrrole nitrogens is 1. The van der Waals surface area contributed by atoms with E-state index in [-0.39, 0.29) is 11.0 Å². The van der Waals surface area contributed by atoms with Crippen LogP contribution in [0.3, 0.4) is 0 Å². The highest BCUT2D eigenvalue weighted by Crippen LogP contribution is 2.30. The van der Waals surface area contributed by atoms with Crippen LogP contribution in [0, 0.1) is 18.3 Å². The van der Waals surface area contributed by atoms with Gasteiger partial charge in [0.25, 0.3) is 5.56 Å². The van der Waals surface area contributed by atoms with E-state index in [1.807, 2.05) is 25.3 Å². The van der Waals surface area contributed by atoms with Crippen molar-refractivity contribution in [3.63, 3.8) is 0 Å². The second kappa shape index (κ2) is 11.1. The number of fused-ring (bicyclic) bond motifs is 1. The minimum absolute atomic E-state index is 0.0113. The van der Waals surface area contributed by atoms with E-state index in [9.17, 15) is 4.79 Å². The van der Waals surface area contributed by atoms with Gasteiger partial charge in [-0.15, -0.1) is 0 Å². The third-order valence-electron chi connectivity index (χ3n) is 4.84. The lowest BCUT2D eigenvalue weighted by Gasteiger charge is -2.21. The summed E-state index contributed by atoms with van der Waals surface area (Å²) in [6.45, 7) is 21.2. The van der Waals surface area contributed by atoms with Crippen LogP contribution in [0.4, 0.5) is 0 Å². The van der Waals surface area contributed by atoms with Gasteiger partial charge in [-0.3, -0.25) is 9.36 Å². The number of nitrogens with one attached hydrogen (secondary N) is 1. The molecule has 3 rings (SSSR count). The average Bonchev–Trinajstić information content (AvgIpc) is 3.13. The lowest BCUT2D eigenvalue weighted by Crippen LogP contribution is -2.29. The van der Waals surface area contributed by atoms with Gasteiger partial charge in [-0.1, -0.05) is 78.5 Å². The van der Waals surface area contributed by atoms with Gasteiger partial charge < -0.3 is 4.98 Å². The summed E-state index contributed by atoms with van der Waals surface area (Å²) in [7, 11) is 0.